The monoisotopic (exact) mass is 443 g/mol. The maximum Gasteiger partial charge on any atom is 0.339 e. The molecule has 160 valence electrons. The second-order valence-electron chi connectivity index (χ2n) is 7.48. The molecule has 1 atom stereocenters. The normalized spacial score (nSPS) is 13.6. The van der Waals surface area contributed by atoms with Gasteiger partial charge < -0.3 is 14.5 Å². The van der Waals surface area contributed by atoms with E-state index >= 15 is 0 Å². The van der Waals surface area contributed by atoms with Crippen molar-refractivity contribution >= 4 is 34.4 Å². The number of benzene rings is 2. The molecule has 8 heteroatoms. The number of amides is 1. The Kier molecular flexibility index (Phi) is 5.78. The first kappa shape index (κ1) is 21.1. The smallest absolute Gasteiger partial charge is 0.339 e. The van der Waals surface area contributed by atoms with E-state index in [1.165, 1.54) is 37.3 Å². The summed E-state index contributed by atoms with van der Waals surface area (Å²) in [6, 6.07) is 7.61. The first-order valence-electron chi connectivity index (χ1n) is 9.83. The van der Waals surface area contributed by atoms with Gasteiger partial charge in [0, 0.05) is 30.4 Å². The molecule has 1 amide bonds. The number of carbonyl (C=O) groups excluding carboxylic acids is 2. The molecule has 1 aromatic heterocycles. The van der Waals surface area contributed by atoms with Gasteiger partial charge in [-0.15, -0.1) is 0 Å². The van der Waals surface area contributed by atoms with E-state index in [-0.39, 0.29) is 22.8 Å². The third-order valence-electron chi connectivity index (χ3n) is 5.25. The van der Waals surface area contributed by atoms with Gasteiger partial charge in [-0.1, -0.05) is 23.7 Å². The molecule has 3 aromatic rings. The standard InChI is InChI=1S/C23H19ClFNO5/c1-12(27)26-19(9-13-5-7-14(25)8-6-13)23(29)31-21-11-20-17(10-18(21)24)15-3-2-4-16(15)22(28)30-20/h5-8,10-11,19H,2-4,9H2,1H3,(H,26,27). The molecule has 1 aliphatic carbocycles. The number of esters is 1. The number of aryl methyl sites for hydroxylation is 1. The van der Waals surface area contributed by atoms with Crippen molar-refractivity contribution in [3.05, 3.63) is 74.3 Å². The highest BCUT2D eigenvalue weighted by atomic mass is 35.5. The van der Waals surface area contributed by atoms with Crippen LogP contribution in [0.4, 0.5) is 4.39 Å². The summed E-state index contributed by atoms with van der Waals surface area (Å²) >= 11 is 6.35. The second kappa shape index (κ2) is 8.51. The molecule has 0 saturated carbocycles. The molecule has 0 saturated heterocycles. The Bertz CT molecular complexity index is 1240. The zero-order chi connectivity index (χ0) is 22.1. The van der Waals surface area contributed by atoms with Gasteiger partial charge in [0.05, 0.1) is 5.02 Å². The summed E-state index contributed by atoms with van der Waals surface area (Å²) in [5, 5.41) is 3.45. The molecule has 0 aliphatic heterocycles. The van der Waals surface area contributed by atoms with Crippen LogP contribution >= 0.6 is 11.6 Å². The molecular formula is C23H19ClFNO5. The van der Waals surface area contributed by atoms with Crippen molar-refractivity contribution < 1.29 is 23.1 Å². The van der Waals surface area contributed by atoms with Crippen LogP contribution in [0.2, 0.25) is 5.02 Å². The number of ether oxygens (including phenoxy) is 1. The van der Waals surface area contributed by atoms with Gasteiger partial charge >= 0.3 is 11.6 Å². The summed E-state index contributed by atoms with van der Waals surface area (Å²) in [4.78, 5) is 36.6. The van der Waals surface area contributed by atoms with E-state index in [9.17, 15) is 18.8 Å². The Morgan fingerprint density at radius 2 is 1.90 bits per heavy atom. The van der Waals surface area contributed by atoms with Crippen molar-refractivity contribution in [3.63, 3.8) is 0 Å². The average Bonchev–Trinajstić information content (AvgIpc) is 3.21. The third kappa shape index (κ3) is 4.46. The number of hydrogen-bond donors (Lipinski definition) is 1. The van der Waals surface area contributed by atoms with Crippen LogP contribution in [-0.2, 0) is 28.9 Å². The molecule has 31 heavy (non-hydrogen) atoms. The fourth-order valence-electron chi connectivity index (χ4n) is 3.84. The summed E-state index contributed by atoms with van der Waals surface area (Å²) in [5.41, 5.74) is 2.11. The van der Waals surface area contributed by atoms with E-state index in [0.717, 1.165) is 23.8 Å². The molecule has 2 aromatic carbocycles. The van der Waals surface area contributed by atoms with E-state index in [2.05, 4.69) is 5.32 Å². The molecule has 1 unspecified atom stereocenters. The van der Waals surface area contributed by atoms with Crippen LogP contribution in [0.25, 0.3) is 11.0 Å². The minimum absolute atomic E-state index is 0.0229. The van der Waals surface area contributed by atoms with E-state index < -0.39 is 29.4 Å². The lowest BCUT2D eigenvalue weighted by molar-refractivity contribution is -0.139. The molecule has 1 aliphatic rings. The minimum atomic E-state index is -1.01. The predicted molar refractivity (Wildman–Crippen MR) is 113 cm³/mol. The van der Waals surface area contributed by atoms with Crippen LogP contribution in [0.3, 0.4) is 0 Å². The van der Waals surface area contributed by atoms with Gasteiger partial charge in [-0.25, -0.2) is 14.0 Å². The number of rotatable bonds is 5. The fraction of sp³-hybridized carbons (Fsp3) is 0.261. The lowest BCUT2D eigenvalue weighted by Crippen LogP contribution is -2.43. The predicted octanol–water partition coefficient (Wildman–Crippen LogP) is 3.73. The molecule has 0 bridgehead atoms. The van der Waals surface area contributed by atoms with Gasteiger partial charge in [-0.05, 0) is 48.6 Å². The van der Waals surface area contributed by atoms with E-state index in [0.29, 0.717) is 17.5 Å². The molecular weight excluding hydrogens is 425 g/mol. The van der Waals surface area contributed by atoms with Gasteiger partial charge in [0.25, 0.3) is 0 Å². The fourth-order valence-corrected chi connectivity index (χ4v) is 4.04. The van der Waals surface area contributed by atoms with Gasteiger partial charge in [-0.2, -0.15) is 0 Å². The Labute approximate surface area is 182 Å². The van der Waals surface area contributed by atoms with Crippen LogP contribution in [0, 0.1) is 5.82 Å². The van der Waals surface area contributed by atoms with E-state index in [1.807, 2.05) is 0 Å². The minimum Gasteiger partial charge on any atom is -0.423 e. The SMILES string of the molecule is CC(=O)NC(Cc1ccc(F)cc1)C(=O)Oc1cc2oc(=O)c3c(c2cc1Cl)CCC3. The molecule has 0 spiro atoms. The van der Waals surface area contributed by atoms with Crippen molar-refractivity contribution in [2.24, 2.45) is 0 Å². The molecule has 0 fully saturated rings. The lowest BCUT2D eigenvalue weighted by atomic mass is 10.1. The van der Waals surface area contributed by atoms with Crippen LogP contribution in [-0.4, -0.2) is 17.9 Å². The Morgan fingerprint density at radius 3 is 2.61 bits per heavy atom. The molecule has 4 rings (SSSR count). The number of hydrogen-bond acceptors (Lipinski definition) is 5. The first-order chi connectivity index (χ1) is 14.8. The van der Waals surface area contributed by atoms with E-state index in [4.69, 9.17) is 20.8 Å². The summed E-state index contributed by atoms with van der Waals surface area (Å²) in [6.45, 7) is 1.28. The van der Waals surface area contributed by atoms with Crippen LogP contribution in [0.1, 0.15) is 30.0 Å². The Morgan fingerprint density at radius 1 is 1.19 bits per heavy atom. The maximum atomic E-state index is 13.2. The Hall–Kier alpha value is -3.19. The summed E-state index contributed by atoms with van der Waals surface area (Å²) in [7, 11) is 0. The van der Waals surface area contributed by atoms with Crippen molar-refractivity contribution in [3.8, 4) is 5.75 Å². The number of nitrogens with one attached hydrogen (secondary N) is 1. The molecule has 0 radical (unpaired) electrons. The van der Waals surface area contributed by atoms with Gasteiger partial charge in [-0.3, -0.25) is 4.79 Å². The zero-order valence-electron chi connectivity index (χ0n) is 16.7. The van der Waals surface area contributed by atoms with Crippen molar-refractivity contribution in [2.45, 2.75) is 38.6 Å². The number of halogens is 2. The third-order valence-corrected chi connectivity index (χ3v) is 5.55. The second-order valence-corrected chi connectivity index (χ2v) is 7.89. The maximum absolute atomic E-state index is 13.2. The van der Waals surface area contributed by atoms with E-state index in [1.54, 1.807) is 6.07 Å². The summed E-state index contributed by atoms with van der Waals surface area (Å²) in [6.07, 6.45) is 2.40. The quantitative estimate of drug-likeness (QED) is 0.369. The number of carbonyl (C=O) groups is 2. The average molecular weight is 444 g/mol. The summed E-state index contributed by atoms with van der Waals surface area (Å²) < 4.78 is 24.0. The highest BCUT2D eigenvalue weighted by Gasteiger charge is 2.25. The van der Waals surface area contributed by atoms with Crippen molar-refractivity contribution in [1.82, 2.24) is 5.32 Å². The summed E-state index contributed by atoms with van der Waals surface area (Å²) in [5.74, 6) is -1.55. The molecule has 6 nitrogen and oxygen atoms in total. The highest BCUT2D eigenvalue weighted by molar-refractivity contribution is 6.33. The van der Waals surface area contributed by atoms with Crippen molar-refractivity contribution in [1.29, 1.82) is 0 Å². The van der Waals surface area contributed by atoms with Gasteiger partial charge in [0.2, 0.25) is 5.91 Å². The lowest BCUT2D eigenvalue weighted by Gasteiger charge is -2.17. The highest BCUT2D eigenvalue weighted by Crippen LogP contribution is 2.34. The first-order valence-corrected chi connectivity index (χ1v) is 10.2. The van der Waals surface area contributed by atoms with Crippen molar-refractivity contribution in [2.75, 3.05) is 0 Å². The van der Waals surface area contributed by atoms with Gasteiger partial charge in [0.1, 0.15) is 17.4 Å². The Balaban J connectivity index is 1.62. The van der Waals surface area contributed by atoms with Crippen LogP contribution in [0.5, 0.6) is 5.75 Å². The largest absolute Gasteiger partial charge is 0.423 e. The molecule has 1 N–H and O–H groups in total. The van der Waals surface area contributed by atoms with Crippen LogP contribution in [0.15, 0.2) is 45.6 Å². The zero-order valence-corrected chi connectivity index (χ0v) is 17.4. The number of fused-ring (bicyclic) bond motifs is 3. The van der Waals surface area contributed by atoms with Crippen LogP contribution < -0.4 is 15.7 Å². The molecule has 1 heterocycles. The van der Waals surface area contributed by atoms with Gasteiger partial charge in [0.15, 0.2) is 5.75 Å². The topological polar surface area (TPSA) is 85.6 Å².